The molecule has 1 aliphatic heterocycles. The van der Waals surface area contributed by atoms with Gasteiger partial charge in [-0.15, -0.1) is 0 Å². The highest BCUT2D eigenvalue weighted by atomic mass is 15.3. The fourth-order valence-electron chi connectivity index (χ4n) is 3.83. The number of hydrogen-bond acceptors (Lipinski definition) is 2. The molecule has 0 radical (unpaired) electrons. The van der Waals surface area contributed by atoms with Crippen molar-refractivity contribution >= 4 is 0 Å². The van der Waals surface area contributed by atoms with Gasteiger partial charge < -0.3 is 5.32 Å². The van der Waals surface area contributed by atoms with Crippen molar-refractivity contribution in [2.75, 3.05) is 13.1 Å². The maximum atomic E-state index is 3.75. The molecule has 2 fully saturated rings. The first kappa shape index (κ1) is 14.3. The van der Waals surface area contributed by atoms with Crippen LogP contribution in [0.2, 0.25) is 0 Å². The van der Waals surface area contributed by atoms with E-state index in [9.17, 15) is 0 Å². The Kier molecular flexibility index (Phi) is 4.38. The molecule has 1 saturated heterocycles. The summed E-state index contributed by atoms with van der Waals surface area (Å²) >= 11 is 0. The van der Waals surface area contributed by atoms with Crippen LogP contribution >= 0.6 is 0 Å². The summed E-state index contributed by atoms with van der Waals surface area (Å²) in [7, 11) is 0. The highest BCUT2D eigenvalue weighted by Crippen LogP contribution is 2.35. The summed E-state index contributed by atoms with van der Waals surface area (Å²) in [5, 5.41) is 3.75. The lowest BCUT2D eigenvalue weighted by Gasteiger charge is -2.51. The zero-order valence-electron chi connectivity index (χ0n) is 13.0. The van der Waals surface area contributed by atoms with Crippen LogP contribution in [0.15, 0.2) is 0 Å². The minimum atomic E-state index is 0.326. The van der Waals surface area contributed by atoms with E-state index in [0.29, 0.717) is 11.6 Å². The van der Waals surface area contributed by atoms with Crippen LogP contribution in [0, 0.1) is 11.8 Å². The predicted octanol–water partition coefficient (Wildman–Crippen LogP) is 3.27. The van der Waals surface area contributed by atoms with Crippen LogP contribution in [0.4, 0.5) is 0 Å². The minimum absolute atomic E-state index is 0.326. The average Bonchev–Trinajstić information content (AvgIpc) is 2.36. The quantitative estimate of drug-likeness (QED) is 0.811. The molecule has 1 saturated carbocycles. The molecule has 106 valence electrons. The van der Waals surface area contributed by atoms with Gasteiger partial charge in [-0.2, -0.15) is 0 Å². The number of piperazine rings is 1. The third kappa shape index (κ3) is 2.75. The summed E-state index contributed by atoms with van der Waals surface area (Å²) in [5.41, 5.74) is 0.326. The molecule has 0 aromatic heterocycles. The van der Waals surface area contributed by atoms with E-state index in [1.807, 2.05) is 0 Å². The van der Waals surface area contributed by atoms with Crippen molar-refractivity contribution in [2.45, 2.75) is 77.9 Å². The van der Waals surface area contributed by atoms with Crippen molar-refractivity contribution in [1.29, 1.82) is 0 Å². The number of nitrogens with one attached hydrogen (secondary N) is 1. The van der Waals surface area contributed by atoms with Gasteiger partial charge in [-0.3, -0.25) is 4.90 Å². The van der Waals surface area contributed by atoms with E-state index in [2.05, 4.69) is 44.8 Å². The maximum absolute atomic E-state index is 3.75. The topological polar surface area (TPSA) is 15.3 Å². The number of hydrogen-bond donors (Lipinski definition) is 1. The van der Waals surface area contributed by atoms with Gasteiger partial charge >= 0.3 is 0 Å². The highest BCUT2D eigenvalue weighted by Gasteiger charge is 2.39. The molecule has 2 rings (SSSR count). The van der Waals surface area contributed by atoms with Crippen LogP contribution in [0.5, 0.6) is 0 Å². The molecule has 2 nitrogen and oxygen atoms in total. The van der Waals surface area contributed by atoms with Crippen LogP contribution in [0.3, 0.4) is 0 Å². The monoisotopic (exact) mass is 252 g/mol. The van der Waals surface area contributed by atoms with Crippen LogP contribution in [-0.4, -0.2) is 35.6 Å². The number of nitrogens with zero attached hydrogens (tertiary/aromatic N) is 1. The Morgan fingerprint density at radius 3 is 2.61 bits per heavy atom. The summed E-state index contributed by atoms with van der Waals surface area (Å²) < 4.78 is 0. The minimum Gasteiger partial charge on any atom is -0.309 e. The van der Waals surface area contributed by atoms with Crippen molar-refractivity contribution in [3.8, 4) is 0 Å². The van der Waals surface area contributed by atoms with E-state index in [1.165, 1.54) is 32.2 Å². The van der Waals surface area contributed by atoms with Gasteiger partial charge in [0.05, 0.1) is 0 Å². The second-order valence-electron chi connectivity index (χ2n) is 7.15. The molecule has 5 unspecified atom stereocenters. The predicted molar refractivity (Wildman–Crippen MR) is 78.8 cm³/mol. The molecule has 0 aromatic carbocycles. The summed E-state index contributed by atoms with van der Waals surface area (Å²) in [5.74, 6) is 1.76. The molecule has 1 N–H and O–H groups in total. The van der Waals surface area contributed by atoms with Crippen molar-refractivity contribution in [1.82, 2.24) is 10.2 Å². The lowest BCUT2D eigenvalue weighted by molar-refractivity contribution is 0.00250. The fraction of sp³-hybridized carbons (Fsp3) is 1.00. The molecule has 5 atom stereocenters. The molecule has 1 aliphatic carbocycles. The summed E-state index contributed by atoms with van der Waals surface area (Å²) in [6, 6.07) is 1.51. The Balaban J connectivity index is 2.09. The first-order valence-corrected chi connectivity index (χ1v) is 7.97. The molecule has 0 bridgehead atoms. The van der Waals surface area contributed by atoms with Gasteiger partial charge in [0.2, 0.25) is 0 Å². The Morgan fingerprint density at radius 2 is 1.94 bits per heavy atom. The standard InChI is InChI=1S/C16H32N2/c1-6-16(5)11-18(13(3)10-17-16)15-9-7-8-12(2)14(15)4/h12-15,17H,6-11H2,1-5H3. The Bertz CT molecular complexity index is 278. The molecular formula is C16H32N2. The van der Waals surface area contributed by atoms with Gasteiger partial charge in [-0.25, -0.2) is 0 Å². The van der Waals surface area contributed by atoms with E-state index < -0.39 is 0 Å². The average molecular weight is 252 g/mol. The van der Waals surface area contributed by atoms with Crippen molar-refractivity contribution < 1.29 is 0 Å². The number of rotatable bonds is 2. The third-order valence-corrected chi connectivity index (χ3v) is 5.79. The molecule has 0 amide bonds. The Morgan fingerprint density at radius 1 is 1.22 bits per heavy atom. The zero-order chi connectivity index (χ0) is 13.3. The van der Waals surface area contributed by atoms with Gasteiger partial charge in [0.15, 0.2) is 0 Å². The van der Waals surface area contributed by atoms with Gasteiger partial charge in [0.1, 0.15) is 0 Å². The lowest BCUT2D eigenvalue weighted by Crippen LogP contribution is -2.65. The maximum Gasteiger partial charge on any atom is 0.0278 e. The fourth-order valence-corrected chi connectivity index (χ4v) is 3.83. The van der Waals surface area contributed by atoms with Crippen LogP contribution in [0.1, 0.15) is 60.3 Å². The second-order valence-corrected chi connectivity index (χ2v) is 7.15. The molecule has 2 heteroatoms. The SMILES string of the molecule is CCC1(C)CN(C2CCCC(C)C2C)C(C)CN1. The molecular weight excluding hydrogens is 220 g/mol. The first-order chi connectivity index (χ1) is 8.47. The summed E-state index contributed by atoms with van der Waals surface area (Å²) in [6.45, 7) is 14.4. The van der Waals surface area contributed by atoms with Gasteiger partial charge in [-0.1, -0.05) is 33.6 Å². The second kappa shape index (κ2) is 5.50. The van der Waals surface area contributed by atoms with E-state index >= 15 is 0 Å². The molecule has 18 heavy (non-hydrogen) atoms. The smallest absolute Gasteiger partial charge is 0.0278 e. The summed E-state index contributed by atoms with van der Waals surface area (Å²) in [4.78, 5) is 2.82. The largest absolute Gasteiger partial charge is 0.309 e. The van der Waals surface area contributed by atoms with E-state index in [1.54, 1.807) is 0 Å². The zero-order valence-corrected chi connectivity index (χ0v) is 13.0. The highest BCUT2D eigenvalue weighted by molar-refractivity contribution is 4.97. The Hall–Kier alpha value is -0.0800. The normalized spacial score (nSPS) is 47.2. The van der Waals surface area contributed by atoms with Gasteiger partial charge in [0.25, 0.3) is 0 Å². The van der Waals surface area contributed by atoms with Gasteiger partial charge in [0, 0.05) is 30.7 Å². The van der Waals surface area contributed by atoms with Crippen molar-refractivity contribution in [3.63, 3.8) is 0 Å². The summed E-state index contributed by atoms with van der Waals surface area (Å²) in [6.07, 6.45) is 5.50. The molecule has 0 spiro atoms. The molecule has 1 heterocycles. The van der Waals surface area contributed by atoms with Gasteiger partial charge in [-0.05, 0) is 38.5 Å². The van der Waals surface area contributed by atoms with E-state index in [0.717, 1.165) is 24.4 Å². The van der Waals surface area contributed by atoms with Crippen molar-refractivity contribution in [3.05, 3.63) is 0 Å². The van der Waals surface area contributed by atoms with E-state index in [-0.39, 0.29) is 0 Å². The van der Waals surface area contributed by atoms with Crippen LogP contribution in [-0.2, 0) is 0 Å². The first-order valence-electron chi connectivity index (χ1n) is 7.97. The van der Waals surface area contributed by atoms with Crippen LogP contribution in [0.25, 0.3) is 0 Å². The van der Waals surface area contributed by atoms with Crippen molar-refractivity contribution in [2.24, 2.45) is 11.8 Å². The lowest BCUT2D eigenvalue weighted by atomic mass is 9.76. The van der Waals surface area contributed by atoms with E-state index in [4.69, 9.17) is 0 Å². The molecule has 0 aromatic rings. The Labute approximate surface area is 114 Å². The third-order valence-electron chi connectivity index (χ3n) is 5.79. The molecule has 2 aliphatic rings. The van der Waals surface area contributed by atoms with Crippen LogP contribution < -0.4 is 5.32 Å².